The SMILES string of the molecule is CC.Cc1nc(N)ncc1-c1nc(N2CCOCC2)nc2c(CN3CCNCC3)csc12. The largest absolute Gasteiger partial charge is 0.378 e. The second-order valence-corrected chi connectivity index (χ2v) is 8.54. The van der Waals surface area contributed by atoms with Gasteiger partial charge < -0.3 is 20.7 Å². The highest BCUT2D eigenvalue weighted by Crippen LogP contribution is 2.36. The van der Waals surface area contributed by atoms with Crippen LogP contribution in [0.1, 0.15) is 25.1 Å². The van der Waals surface area contributed by atoms with Gasteiger partial charge >= 0.3 is 0 Å². The van der Waals surface area contributed by atoms with Gasteiger partial charge in [-0.05, 0) is 12.3 Å². The number of ether oxygens (including phenoxy) is 1. The van der Waals surface area contributed by atoms with Crippen molar-refractivity contribution in [3.8, 4) is 11.3 Å². The fraction of sp³-hybridized carbons (Fsp3) is 0.545. The van der Waals surface area contributed by atoms with E-state index in [0.29, 0.717) is 13.2 Å². The van der Waals surface area contributed by atoms with E-state index in [4.69, 9.17) is 20.4 Å². The number of aryl methyl sites for hydroxylation is 1. The molecule has 0 aromatic carbocycles. The number of fused-ring (bicyclic) bond motifs is 1. The first kappa shape index (κ1) is 22.8. The zero-order chi connectivity index (χ0) is 22.5. The Morgan fingerprint density at radius 2 is 1.84 bits per heavy atom. The highest BCUT2D eigenvalue weighted by Gasteiger charge is 2.22. The molecule has 2 saturated heterocycles. The molecular formula is C22H32N8OS. The molecule has 0 atom stereocenters. The number of anilines is 2. The number of morpholine rings is 1. The van der Waals surface area contributed by atoms with Crippen molar-refractivity contribution in [1.82, 2.24) is 30.2 Å². The van der Waals surface area contributed by atoms with Crippen LogP contribution in [0.5, 0.6) is 0 Å². The van der Waals surface area contributed by atoms with Crippen LogP contribution in [0.15, 0.2) is 11.6 Å². The maximum absolute atomic E-state index is 5.79. The number of nitrogens with two attached hydrogens (primary N) is 1. The maximum atomic E-state index is 5.79. The highest BCUT2D eigenvalue weighted by molar-refractivity contribution is 7.17. The molecule has 32 heavy (non-hydrogen) atoms. The predicted octanol–water partition coefficient (Wildman–Crippen LogP) is 2.31. The van der Waals surface area contributed by atoms with E-state index in [1.165, 1.54) is 5.56 Å². The van der Waals surface area contributed by atoms with Crippen LogP contribution >= 0.6 is 11.3 Å². The van der Waals surface area contributed by atoms with Gasteiger partial charge in [0.2, 0.25) is 11.9 Å². The normalized spacial score (nSPS) is 17.3. The Labute approximate surface area is 193 Å². The van der Waals surface area contributed by atoms with Gasteiger partial charge in [0.15, 0.2) is 0 Å². The molecule has 9 nitrogen and oxygen atoms in total. The number of nitrogen functional groups attached to an aromatic ring is 1. The Morgan fingerprint density at radius 3 is 2.56 bits per heavy atom. The third-order valence-electron chi connectivity index (χ3n) is 5.63. The average Bonchev–Trinajstić information content (AvgIpc) is 3.24. The summed E-state index contributed by atoms with van der Waals surface area (Å²) >= 11 is 1.69. The summed E-state index contributed by atoms with van der Waals surface area (Å²) in [5.41, 5.74) is 10.7. The van der Waals surface area contributed by atoms with Gasteiger partial charge in [-0.1, -0.05) is 13.8 Å². The van der Waals surface area contributed by atoms with Gasteiger partial charge in [-0.3, -0.25) is 4.90 Å². The van der Waals surface area contributed by atoms with E-state index in [1.807, 2.05) is 20.8 Å². The molecule has 0 unspecified atom stereocenters. The van der Waals surface area contributed by atoms with Gasteiger partial charge in [-0.25, -0.2) is 19.9 Å². The molecule has 2 aliphatic heterocycles. The molecule has 0 bridgehead atoms. The van der Waals surface area contributed by atoms with Crippen LogP contribution in [0, 0.1) is 6.92 Å². The van der Waals surface area contributed by atoms with Crippen LogP contribution in [0.4, 0.5) is 11.9 Å². The molecule has 3 N–H and O–H groups in total. The van der Waals surface area contributed by atoms with Gasteiger partial charge in [-0.15, -0.1) is 11.3 Å². The summed E-state index contributed by atoms with van der Waals surface area (Å²) in [4.78, 5) is 23.3. The lowest BCUT2D eigenvalue weighted by Gasteiger charge is -2.28. The van der Waals surface area contributed by atoms with Crippen LogP contribution in [0.25, 0.3) is 21.5 Å². The lowest BCUT2D eigenvalue weighted by Crippen LogP contribution is -2.42. The van der Waals surface area contributed by atoms with E-state index in [0.717, 1.165) is 78.9 Å². The summed E-state index contributed by atoms with van der Waals surface area (Å²) < 4.78 is 6.60. The Morgan fingerprint density at radius 1 is 1.09 bits per heavy atom. The van der Waals surface area contributed by atoms with E-state index in [2.05, 4.69) is 30.5 Å². The predicted molar refractivity (Wildman–Crippen MR) is 130 cm³/mol. The van der Waals surface area contributed by atoms with Crippen LogP contribution in [0.2, 0.25) is 0 Å². The molecule has 3 aromatic rings. The van der Waals surface area contributed by atoms with Crippen molar-refractivity contribution in [2.45, 2.75) is 27.3 Å². The third kappa shape index (κ3) is 4.83. The monoisotopic (exact) mass is 456 g/mol. The number of thiophene rings is 1. The molecule has 0 spiro atoms. The van der Waals surface area contributed by atoms with Gasteiger partial charge in [-0.2, -0.15) is 0 Å². The minimum atomic E-state index is 0.278. The van der Waals surface area contributed by atoms with E-state index in [-0.39, 0.29) is 5.95 Å². The number of hydrogen-bond donors (Lipinski definition) is 2. The molecular weight excluding hydrogens is 424 g/mol. The zero-order valence-corrected chi connectivity index (χ0v) is 19.9. The average molecular weight is 457 g/mol. The fourth-order valence-electron chi connectivity index (χ4n) is 3.98. The number of nitrogens with one attached hydrogen (secondary N) is 1. The minimum absolute atomic E-state index is 0.278. The second kappa shape index (κ2) is 10.5. The smallest absolute Gasteiger partial charge is 0.226 e. The van der Waals surface area contributed by atoms with E-state index in [1.54, 1.807) is 17.5 Å². The first-order chi connectivity index (χ1) is 15.7. The molecule has 0 saturated carbocycles. The van der Waals surface area contributed by atoms with Crippen molar-refractivity contribution in [2.24, 2.45) is 0 Å². The summed E-state index contributed by atoms with van der Waals surface area (Å²) in [5.74, 6) is 1.03. The van der Waals surface area contributed by atoms with Crippen molar-refractivity contribution in [3.05, 3.63) is 22.8 Å². The maximum Gasteiger partial charge on any atom is 0.226 e. The lowest BCUT2D eigenvalue weighted by molar-refractivity contribution is 0.122. The molecule has 172 valence electrons. The molecule has 0 radical (unpaired) electrons. The van der Waals surface area contributed by atoms with E-state index < -0.39 is 0 Å². The highest BCUT2D eigenvalue weighted by atomic mass is 32.1. The van der Waals surface area contributed by atoms with Gasteiger partial charge in [0.1, 0.15) is 0 Å². The van der Waals surface area contributed by atoms with Crippen molar-refractivity contribution in [2.75, 3.05) is 63.1 Å². The Kier molecular flexibility index (Phi) is 7.46. The molecule has 5 heterocycles. The molecule has 5 rings (SSSR count). The molecule has 2 fully saturated rings. The van der Waals surface area contributed by atoms with E-state index >= 15 is 0 Å². The fourth-order valence-corrected chi connectivity index (χ4v) is 4.98. The van der Waals surface area contributed by atoms with Gasteiger partial charge in [0, 0.05) is 63.1 Å². The molecule has 0 amide bonds. The Balaban J connectivity index is 0.00000119. The minimum Gasteiger partial charge on any atom is -0.378 e. The van der Waals surface area contributed by atoms with Crippen molar-refractivity contribution in [3.63, 3.8) is 0 Å². The number of hydrogen-bond acceptors (Lipinski definition) is 10. The second-order valence-electron chi connectivity index (χ2n) is 7.66. The standard InChI is InChI=1S/C20H26N8OS.C2H6/c1-13-15(10-23-19(21)24-13)17-18-16(25-20(26-17)28-6-8-29-9-7-28)14(12-30-18)11-27-4-2-22-3-5-27;1-2/h10,12,22H,2-9,11H2,1H3,(H2,21,23,24);1-2H3. The number of piperazine rings is 1. The number of aromatic nitrogens is 4. The van der Waals surface area contributed by atoms with Crippen LogP contribution < -0.4 is 16.0 Å². The zero-order valence-electron chi connectivity index (χ0n) is 19.1. The van der Waals surface area contributed by atoms with E-state index in [9.17, 15) is 0 Å². The van der Waals surface area contributed by atoms with Crippen LogP contribution in [0.3, 0.4) is 0 Å². The lowest BCUT2D eigenvalue weighted by atomic mass is 10.1. The Hall–Kier alpha value is -2.40. The summed E-state index contributed by atoms with van der Waals surface area (Å²) in [6, 6.07) is 0. The van der Waals surface area contributed by atoms with Crippen molar-refractivity contribution < 1.29 is 4.74 Å². The van der Waals surface area contributed by atoms with Crippen molar-refractivity contribution in [1.29, 1.82) is 0 Å². The van der Waals surface area contributed by atoms with Gasteiger partial charge in [0.05, 0.1) is 34.8 Å². The summed E-state index contributed by atoms with van der Waals surface area (Å²) in [5, 5.41) is 5.64. The molecule has 10 heteroatoms. The number of rotatable bonds is 4. The summed E-state index contributed by atoms with van der Waals surface area (Å²) in [7, 11) is 0. The third-order valence-corrected chi connectivity index (χ3v) is 6.65. The summed E-state index contributed by atoms with van der Waals surface area (Å²) in [6.45, 7) is 14.0. The van der Waals surface area contributed by atoms with Crippen LogP contribution in [-0.4, -0.2) is 77.3 Å². The first-order valence-corrected chi connectivity index (χ1v) is 12.2. The molecule has 2 aliphatic rings. The molecule has 0 aliphatic carbocycles. The Bertz CT molecular complexity index is 1040. The number of nitrogens with zero attached hydrogens (tertiary/aromatic N) is 6. The van der Waals surface area contributed by atoms with Gasteiger partial charge in [0.25, 0.3) is 0 Å². The molecule has 3 aromatic heterocycles. The first-order valence-electron chi connectivity index (χ1n) is 11.3. The quantitative estimate of drug-likeness (QED) is 0.612. The van der Waals surface area contributed by atoms with Crippen molar-refractivity contribution >= 4 is 33.5 Å². The topological polar surface area (TPSA) is 105 Å². The van der Waals surface area contributed by atoms with Crippen LogP contribution in [-0.2, 0) is 11.3 Å². The summed E-state index contributed by atoms with van der Waals surface area (Å²) in [6.07, 6.45) is 1.78.